The van der Waals surface area contributed by atoms with Crippen molar-refractivity contribution in [2.75, 3.05) is 0 Å². The minimum atomic E-state index is -4.91. The van der Waals surface area contributed by atoms with Crippen LogP contribution in [0.1, 0.15) is 16.7 Å². The summed E-state index contributed by atoms with van der Waals surface area (Å²) in [7, 11) is 0. The lowest BCUT2D eigenvalue weighted by molar-refractivity contribution is -0.142. The SMILES string of the molecule is FC(F)(F)c1cc(C(F)(F)F)c2ccn(Cc3ccc(Cl)c(Cl)c3)c2c1. The summed E-state index contributed by atoms with van der Waals surface area (Å²) in [4.78, 5) is 0. The first kappa shape index (κ1) is 18.9. The molecule has 1 aromatic heterocycles. The summed E-state index contributed by atoms with van der Waals surface area (Å²) in [6.45, 7) is 0.0407. The van der Waals surface area contributed by atoms with Crippen LogP contribution in [-0.2, 0) is 18.9 Å². The van der Waals surface area contributed by atoms with E-state index in [1.54, 1.807) is 6.07 Å². The molecule has 3 rings (SSSR count). The Labute approximate surface area is 153 Å². The summed E-state index contributed by atoms with van der Waals surface area (Å²) in [5.74, 6) is 0. The van der Waals surface area contributed by atoms with Crippen molar-refractivity contribution in [3.05, 3.63) is 69.3 Å². The van der Waals surface area contributed by atoms with Crippen LogP contribution in [0.2, 0.25) is 10.0 Å². The van der Waals surface area contributed by atoms with Crippen molar-refractivity contribution in [3.8, 4) is 0 Å². The molecule has 26 heavy (non-hydrogen) atoms. The number of hydrogen-bond donors (Lipinski definition) is 0. The van der Waals surface area contributed by atoms with E-state index >= 15 is 0 Å². The van der Waals surface area contributed by atoms with Crippen LogP contribution in [0.15, 0.2) is 42.6 Å². The summed E-state index contributed by atoms with van der Waals surface area (Å²) in [5.41, 5.74) is -2.26. The molecule has 0 atom stereocenters. The second-order valence-corrected chi connectivity index (χ2v) is 6.46. The third kappa shape index (κ3) is 3.64. The van der Waals surface area contributed by atoms with Gasteiger partial charge in [0.2, 0.25) is 0 Å². The van der Waals surface area contributed by atoms with Crippen molar-refractivity contribution in [2.24, 2.45) is 0 Å². The Balaban J connectivity index is 2.16. The van der Waals surface area contributed by atoms with E-state index in [1.165, 1.54) is 22.9 Å². The first-order valence-corrected chi connectivity index (χ1v) is 7.93. The van der Waals surface area contributed by atoms with Crippen LogP contribution in [0, 0.1) is 0 Å². The molecule has 9 heteroatoms. The molecule has 1 heterocycles. The molecule has 0 bridgehead atoms. The monoisotopic (exact) mass is 411 g/mol. The molecule has 0 fully saturated rings. The standard InChI is InChI=1S/C17H9Cl2F6N/c18-13-2-1-9(5-14(13)19)8-26-4-3-11-12(17(23,24)25)6-10(7-15(11)26)16(20,21)22/h1-7H,8H2. The largest absolute Gasteiger partial charge is 0.417 e. The van der Waals surface area contributed by atoms with Gasteiger partial charge in [0.15, 0.2) is 0 Å². The van der Waals surface area contributed by atoms with E-state index < -0.39 is 23.5 Å². The third-order valence-electron chi connectivity index (χ3n) is 3.86. The normalized spacial score (nSPS) is 12.8. The predicted octanol–water partition coefficient (Wildman–Crippen LogP) is 7.03. The molecule has 138 valence electrons. The van der Waals surface area contributed by atoms with Gasteiger partial charge in [0.25, 0.3) is 0 Å². The Hall–Kier alpha value is -1.86. The molecule has 0 radical (unpaired) electrons. The van der Waals surface area contributed by atoms with E-state index in [1.807, 2.05) is 0 Å². The molecule has 2 aromatic carbocycles. The minimum absolute atomic E-state index is 0.0407. The highest BCUT2D eigenvalue weighted by Gasteiger charge is 2.38. The number of hydrogen-bond acceptors (Lipinski definition) is 0. The zero-order valence-corrected chi connectivity index (χ0v) is 14.2. The number of fused-ring (bicyclic) bond motifs is 1. The Morgan fingerprint density at radius 1 is 0.808 bits per heavy atom. The van der Waals surface area contributed by atoms with E-state index in [0.717, 1.165) is 6.07 Å². The van der Waals surface area contributed by atoms with Crippen molar-refractivity contribution in [1.29, 1.82) is 0 Å². The van der Waals surface area contributed by atoms with Crippen molar-refractivity contribution >= 4 is 34.1 Å². The smallest absolute Gasteiger partial charge is 0.343 e. The van der Waals surface area contributed by atoms with Gasteiger partial charge in [0, 0.05) is 23.6 Å². The Kier molecular flexibility index (Phi) is 4.65. The fourth-order valence-corrected chi connectivity index (χ4v) is 2.99. The van der Waals surface area contributed by atoms with Gasteiger partial charge in [-0.1, -0.05) is 29.3 Å². The number of nitrogens with zero attached hydrogens (tertiary/aromatic N) is 1. The van der Waals surface area contributed by atoms with Gasteiger partial charge in [-0.15, -0.1) is 0 Å². The highest BCUT2D eigenvalue weighted by atomic mass is 35.5. The number of rotatable bonds is 2. The third-order valence-corrected chi connectivity index (χ3v) is 4.60. The van der Waals surface area contributed by atoms with Gasteiger partial charge in [-0.05, 0) is 35.9 Å². The molecule has 0 aliphatic carbocycles. The van der Waals surface area contributed by atoms with E-state index in [-0.39, 0.29) is 28.5 Å². The quantitative estimate of drug-likeness (QED) is 0.398. The highest BCUT2D eigenvalue weighted by molar-refractivity contribution is 6.42. The van der Waals surface area contributed by atoms with Crippen molar-refractivity contribution < 1.29 is 26.3 Å². The van der Waals surface area contributed by atoms with Gasteiger partial charge >= 0.3 is 12.4 Å². The maximum absolute atomic E-state index is 13.2. The molecular formula is C17H9Cl2F6N. The van der Waals surface area contributed by atoms with Gasteiger partial charge < -0.3 is 4.57 Å². The maximum Gasteiger partial charge on any atom is 0.417 e. The second kappa shape index (κ2) is 6.39. The molecule has 0 saturated carbocycles. The van der Waals surface area contributed by atoms with Crippen LogP contribution in [0.5, 0.6) is 0 Å². The number of halogens is 8. The lowest BCUT2D eigenvalue weighted by atomic mass is 10.0. The first-order chi connectivity index (χ1) is 12.0. The van der Waals surface area contributed by atoms with Gasteiger partial charge in [0.1, 0.15) is 0 Å². The van der Waals surface area contributed by atoms with Gasteiger partial charge in [-0.25, -0.2) is 0 Å². The Bertz CT molecular complexity index is 972. The molecule has 0 saturated heterocycles. The lowest BCUT2D eigenvalue weighted by Gasteiger charge is -2.14. The first-order valence-electron chi connectivity index (χ1n) is 7.18. The zero-order valence-electron chi connectivity index (χ0n) is 12.7. The molecule has 3 aromatic rings. The van der Waals surface area contributed by atoms with Crippen molar-refractivity contribution in [1.82, 2.24) is 4.57 Å². The number of alkyl halides is 6. The summed E-state index contributed by atoms with van der Waals surface area (Å²) in [5, 5.41) is 0.240. The van der Waals surface area contributed by atoms with Gasteiger partial charge in [-0.2, -0.15) is 26.3 Å². The topological polar surface area (TPSA) is 4.93 Å². The predicted molar refractivity (Wildman–Crippen MR) is 87.5 cm³/mol. The second-order valence-electron chi connectivity index (χ2n) is 5.64. The summed E-state index contributed by atoms with van der Waals surface area (Å²) in [6.07, 6.45) is -8.50. The van der Waals surface area contributed by atoms with E-state index in [4.69, 9.17) is 23.2 Å². The molecule has 0 unspecified atom stereocenters. The maximum atomic E-state index is 13.2. The number of aromatic nitrogens is 1. The fraction of sp³-hybridized carbons (Fsp3) is 0.176. The van der Waals surface area contributed by atoms with Crippen LogP contribution in [-0.4, -0.2) is 4.57 Å². The van der Waals surface area contributed by atoms with E-state index in [9.17, 15) is 26.3 Å². The molecule has 1 nitrogen and oxygen atoms in total. The Morgan fingerprint density at radius 2 is 1.50 bits per heavy atom. The summed E-state index contributed by atoms with van der Waals surface area (Å²) >= 11 is 11.7. The van der Waals surface area contributed by atoms with Gasteiger partial charge in [0.05, 0.1) is 21.2 Å². The van der Waals surface area contributed by atoms with E-state index in [0.29, 0.717) is 16.7 Å². The lowest BCUT2D eigenvalue weighted by Crippen LogP contribution is -2.11. The summed E-state index contributed by atoms with van der Waals surface area (Å²) in [6, 6.07) is 6.60. The van der Waals surface area contributed by atoms with Crippen molar-refractivity contribution in [2.45, 2.75) is 18.9 Å². The average Bonchev–Trinajstić information content (AvgIpc) is 2.91. The van der Waals surface area contributed by atoms with Crippen LogP contribution < -0.4 is 0 Å². The highest BCUT2D eigenvalue weighted by Crippen LogP contribution is 2.40. The van der Waals surface area contributed by atoms with Crippen LogP contribution >= 0.6 is 23.2 Å². The molecule has 0 spiro atoms. The molecular weight excluding hydrogens is 403 g/mol. The van der Waals surface area contributed by atoms with Crippen LogP contribution in [0.25, 0.3) is 10.9 Å². The Morgan fingerprint density at radius 3 is 2.08 bits per heavy atom. The van der Waals surface area contributed by atoms with Crippen LogP contribution in [0.4, 0.5) is 26.3 Å². The molecule has 0 N–H and O–H groups in total. The molecule has 0 aliphatic heterocycles. The van der Waals surface area contributed by atoms with E-state index in [2.05, 4.69) is 0 Å². The molecule has 0 amide bonds. The zero-order chi connectivity index (χ0) is 19.3. The summed E-state index contributed by atoms with van der Waals surface area (Å²) < 4.78 is 80.0. The molecule has 0 aliphatic rings. The van der Waals surface area contributed by atoms with Crippen molar-refractivity contribution in [3.63, 3.8) is 0 Å². The van der Waals surface area contributed by atoms with Gasteiger partial charge in [-0.3, -0.25) is 0 Å². The fourth-order valence-electron chi connectivity index (χ4n) is 2.67. The minimum Gasteiger partial charge on any atom is -0.343 e. The number of benzene rings is 2. The van der Waals surface area contributed by atoms with Crippen LogP contribution in [0.3, 0.4) is 0 Å². The average molecular weight is 412 g/mol.